The molecule has 1 aromatic heterocycles. The SMILES string of the molecule is Cc1cccc2nc(CC3(N)CCCC3)n(C)c12. The Labute approximate surface area is 108 Å². The molecular formula is C15H21N3. The molecule has 2 N–H and O–H groups in total. The summed E-state index contributed by atoms with van der Waals surface area (Å²) >= 11 is 0. The summed E-state index contributed by atoms with van der Waals surface area (Å²) in [6.07, 6.45) is 5.70. The summed E-state index contributed by atoms with van der Waals surface area (Å²) < 4.78 is 2.22. The zero-order chi connectivity index (χ0) is 12.8. The third-order valence-corrected chi connectivity index (χ3v) is 4.30. The minimum Gasteiger partial charge on any atom is -0.331 e. The Morgan fingerprint density at radius 3 is 2.72 bits per heavy atom. The maximum absolute atomic E-state index is 6.47. The fourth-order valence-electron chi connectivity index (χ4n) is 3.24. The Kier molecular flexibility index (Phi) is 2.67. The van der Waals surface area contributed by atoms with Crippen LogP contribution in [0.2, 0.25) is 0 Å². The van der Waals surface area contributed by atoms with E-state index in [0.717, 1.165) is 30.6 Å². The van der Waals surface area contributed by atoms with Crippen LogP contribution in [0.15, 0.2) is 18.2 Å². The van der Waals surface area contributed by atoms with E-state index in [1.165, 1.54) is 23.9 Å². The van der Waals surface area contributed by atoms with Crippen LogP contribution in [0.4, 0.5) is 0 Å². The van der Waals surface area contributed by atoms with E-state index in [-0.39, 0.29) is 5.54 Å². The highest BCUT2D eigenvalue weighted by atomic mass is 15.1. The van der Waals surface area contributed by atoms with Gasteiger partial charge in [-0.05, 0) is 31.4 Å². The van der Waals surface area contributed by atoms with Crippen LogP contribution < -0.4 is 5.73 Å². The van der Waals surface area contributed by atoms with Gasteiger partial charge in [-0.25, -0.2) is 4.98 Å². The second-order valence-electron chi connectivity index (χ2n) is 5.78. The highest BCUT2D eigenvalue weighted by Gasteiger charge is 2.31. The van der Waals surface area contributed by atoms with Gasteiger partial charge in [0.1, 0.15) is 5.82 Å². The van der Waals surface area contributed by atoms with Gasteiger partial charge < -0.3 is 10.3 Å². The largest absolute Gasteiger partial charge is 0.331 e. The van der Waals surface area contributed by atoms with Crippen LogP contribution in [0.3, 0.4) is 0 Å². The third-order valence-electron chi connectivity index (χ3n) is 4.30. The number of nitrogens with two attached hydrogens (primary N) is 1. The minimum absolute atomic E-state index is 0.0248. The van der Waals surface area contributed by atoms with Gasteiger partial charge >= 0.3 is 0 Å². The van der Waals surface area contributed by atoms with Crippen molar-refractivity contribution in [3.05, 3.63) is 29.6 Å². The molecule has 1 heterocycles. The molecule has 0 saturated heterocycles. The summed E-state index contributed by atoms with van der Waals surface area (Å²) in [6.45, 7) is 2.14. The third kappa shape index (κ3) is 1.83. The quantitative estimate of drug-likeness (QED) is 0.881. The first-order valence-electron chi connectivity index (χ1n) is 6.79. The lowest BCUT2D eigenvalue weighted by Gasteiger charge is -2.22. The van der Waals surface area contributed by atoms with Gasteiger partial charge in [0, 0.05) is 19.0 Å². The number of benzene rings is 1. The standard InChI is InChI=1S/C15H21N3/c1-11-6-5-7-12-14(11)18(2)13(17-12)10-15(16)8-3-4-9-15/h5-7H,3-4,8-10,16H2,1-2H3. The molecular weight excluding hydrogens is 222 g/mol. The molecule has 0 bridgehead atoms. The lowest BCUT2D eigenvalue weighted by molar-refractivity contribution is 0.422. The summed E-state index contributed by atoms with van der Waals surface area (Å²) in [5, 5.41) is 0. The number of nitrogens with zero attached hydrogens (tertiary/aromatic N) is 2. The van der Waals surface area contributed by atoms with Crippen molar-refractivity contribution >= 4 is 11.0 Å². The lowest BCUT2D eigenvalue weighted by Crippen LogP contribution is -2.39. The van der Waals surface area contributed by atoms with Gasteiger partial charge in [0.15, 0.2) is 0 Å². The maximum Gasteiger partial charge on any atom is 0.111 e. The summed E-state index contributed by atoms with van der Waals surface area (Å²) in [5.74, 6) is 1.13. The predicted molar refractivity (Wildman–Crippen MR) is 74.5 cm³/mol. The zero-order valence-corrected chi connectivity index (χ0v) is 11.2. The molecule has 96 valence electrons. The first-order valence-corrected chi connectivity index (χ1v) is 6.79. The molecule has 1 aromatic carbocycles. The molecule has 0 radical (unpaired) electrons. The normalized spacial score (nSPS) is 18.6. The fraction of sp³-hybridized carbons (Fsp3) is 0.533. The summed E-state index contributed by atoms with van der Waals surface area (Å²) in [4.78, 5) is 4.76. The highest BCUT2D eigenvalue weighted by Crippen LogP contribution is 2.31. The number of rotatable bonds is 2. The topological polar surface area (TPSA) is 43.8 Å². The Hall–Kier alpha value is -1.35. The minimum atomic E-state index is -0.0248. The second-order valence-corrected chi connectivity index (χ2v) is 5.78. The van der Waals surface area contributed by atoms with Crippen molar-refractivity contribution in [1.29, 1.82) is 0 Å². The monoisotopic (exact) mass is 243 g/mol. The van der Waals surface area contributed by atoms with E-state index < -0.39 is 0 Å². The number of aromatic nitrogens is 2. The van der Waals surface area contributed by atoms with E-state index >= 15 is 0 Å². The summed E-state index contributed by atoms with van der Waals surface area (Å²) in [5.41, 5.74) is 10.1. The first kappa shape index (κ1) is 11.7. The van der Waals surface area contributed by atoms with Crippen molar-refractivity contribution in [3.63, 3.8) is 0 Å². The molecule has 0 aliphatic heterocycles. The van der Waals surface area contributed by atoms with Crippen molar-refractivity contribution in [3.8, 4) is 0 Å². The van der Waals surface area contributed by atoms with Crippen LogP contribution in [-0.2, 0) is 13.5 Å². The Bertz CT molecular complexity index is 577. The number of fused-ring (bicyclic) bond motifs is 1. The van der Waals surface area contributed by atoms with E-state index in [9.17, 15) is 0 Å². The Morgan fingerprint density at radius 1 is 1.33 bits per heavy atom. The Balaban J connectivity index is 2.02. The molecule has 18 heavy (non-hydrogen) atoms. The molecule has 0 atom stereocenters. The maximum atomic E-state index is 6.47. The second kappa shape index (κ2) is 4.09. The lowest BCUT2D eigenvalue weighted by atomic mass is 9.94. The van der Waals surface area contributed by atoms with Crippen LogP contribution in [-0.4, -0.2) is 15.1 Å². The van der Waals surface area contributed by atoms with Gasteiger partial charge in [-0.3, -0.25) is 0 Å². The smallest absolute Gasteiger partial charge is 0.111 e. The average Bonchev–Trinajstić information content (AvgIpc) is 2.86. The van der Waals surface area contributed by atoms with Crippen LogP contribution >= 0.6 is 0 Å². The number of hydrogen-bond acceptors (Lipinski definition) is 2. The van der Waals surface area contributed by atoms with Crippen molar-refractivity contribution in [1.82, 2.24) is 9.55 Å². The van der Waals surface area contributed by atoms with Gasteiger partial charge in [0.2, 0.25) is 0 Å². The molecule has 0 amide bonds. The van der Waals surface area contributed by atoms with Gasteiger partial charge in [-0.1, -0.05) is 25.0 Å². The van der Waals surface area contributed by atoms with Gasteiger partial charge in [0.25, 0.3) is 0 Å². The molecule has 2 aromatic rings. The number of aryl methyl sites for hydroxylation is 2. The van der Waals surface area contributed by atoms with Crippen LogP contribution in [0.25, 0.3) is 11.0 Å². The Morgan fingerprint density at radius 2 is 2.06 bits per heavy atom. The van der Waals surface area contributed by atoms with Crippen molar-refractivity contribution < 1.29 is 0 Å². The molecule has 3 rings (SSSR count). The van der Waals surface area contributed by atoms with E-state index in [2.05, 4.69) is 36.7 Å². The van der Waals surface area contributed by atoms with E-state index in [1.807, 2.05) is 0 Å². The predicted octanol–water partition coefficient (Wildman–Crippen LogP) is 2.70. The number of para-hydroxylation sites is 1. The van der Waals surface area contributed by atoms with Crippen LogP contribution in [0, 0.1) is 6.92 Å². The van der Waals surface area contributed by atoms with Crippen LogP contribution in [0.1, 0.15) is 37.1 Å². The highest BCUT2D eigenvalue weighted by molar-refractivity contribution is 5.79. The molecule has 3 heteroatoms. The molecule has 0 unspecified atom stereocenters. The van der Waals surface area contributed by atoms with Crippen molar-refractivity contribution in [2.45, 2.75) is 44.6 Å². The van der Waals surface area contributed by atoms with Gasteiger partial charge in [-0.2, -0.15) is 0 Å². The molecule has 0 spiro atoms. The average molecular weight is 243 g/mol. The molecule has 1 fully saturated rings. The first-order chi connectivity index (χ1) is 8.59. The number of hydrogen-bond donors (Lipinski definition) is 1. The molecule has 3 nitrogen and oxygen atoms in total. The van der Waals surface area contributed by atoms with Gasteiger partial charge in [-0.15, -0.1) is 0 Å². The van der Waals surface area contributed by atoms with Crippen molar-refractivity contribution in [2.24, 2.45) is 12.8 Å². The molecule has 1 aliphatic rings. The number of imidazole rings is 1. The zero-order valence-electron chi connectivity index (χ0n) is 11.2. The summed E-state index contributed by atoms with van der Waals surface area (Å²) in [7, 11) is 2.11. The van der Waals surface area contributed by atoms with Gasteiger partial charge in [0.05, 0.1) is 11.0 Å². The van der Waals surface area contributed by atoms with Crippen molar-refractivity contribution in [2.75, 3.05) is 0 Å². The molecule has 1 saturated carbocycles. The van der Waals surface area contributed by atoms with Crippen LogP contribution in [0.5, 0.6) is 0 Å². The van der Waals surface area contributed by atoms with E-state index in [1.54, 1.807) is 0 Å². The summed E-state index contributed by atoms with van der Waals surface area (Å²) in [6, 6.07) is 6.30. The van der Waals surface area contributed by atoms with E-state index in [0.29, 0.717) is 0 Å². The fourth-order valence-corrected chi connectivity index (χ4v) is 3.24. The molecule has 1 aliphatic carbocycles. The van der Waals surface area contributed by atoms with E-state index in [4.69, 9.17) is 10.7 Å².